The lowest BCUT2D eigenvalue weighted by Crippen LogP contribution is -2.26. The van der Waals surface area contributed by atoms with Crippen LogP contribution in [0.1, 0.15) is 27.2 Å². The Morgan fingerprint density at radius 1 is 1.12 bits per heavy atom. The number of carbonyl (C=O) groups is 1. The van der Waals surface area contributed by atoms with Crippen molar-refractivity contribution in [2.24, 2.45) is 7.05 Å². The second-order valence-corrected chi connectivity index (χ2v) is 8.28. The standard InChI is InChI=1S/C24H20B2F2N4O2/c1-31(12-20-15(13-33)4-3-9-29-20)10-14-5-6-17(22(28)21(14)27)16-7-8-19(24(25,26)34)23-18(16)11-32(2)30-23/h3-9,11,13,34H,10,12H2,1-2H3. The van der Waals surface area contributed by atoms with Crippen molar-refractivity contribution >= 4 is 32.9 Å². The number of aldehydes is 1. The van der Waals surface area contributed by atoms with Crippen LogP contribution in [0.25, 0.3) is 22.0 Å². The van der Waals surface area contributed by atoms with Gasteiger partial charge in [-0.15, -0.1) is 0 Å². The first-order valence-electron chi connectivity index (χ1n) is 10.4. The molecule has 4 radical (unpaired) electrons. The van der Waals surface area contributed by atoms with Crippen molar-refractivity contribution in [3.05, 3.63) is 82.8 Å². The molecule has 0 spiro atoms. The summed E-state index contributed by atoms with van der Waals surface area (Å²) >= 11 is 0. The van der Waals surface area contributed by atoms with E-state index in [0.29, 0.717) is 28.5 Å². The van der Waals surface area contributed by atoms with E-state index in [2.05, 4.69) is 10.1 Å². The number of halogens is 2. The number of fused-ring (bicyclic) bond motifs is 1. The van der Waals surface area contributed by atoms with E-state index in [9.17, 15) is 9.90 Å². The van der Waals surface area contributed by atoms with Crippen molar-refractivity contribution in [1.29, 1.82) is 0 Å². The SMILES string of the molecule is [B]C([B])(O)c1ccc(-c2ccc(CN(C)Cc3ncccc3C=O)c(F)c2F)c2cn(C)nc12. The van der Waals surface area contributed by atoms with Gasteiger partial charge in [0.25, 0.3) is 0 Å². The van der Waals surface area contributed by atoms with Crippen LogP contribution in [0.2, 0.25) is 0 Å². The minimum Gasteiger partial charge on any atom is -0.405 e. The molecule has 2 aromatic heterocycles. The Morgan fingerprint density at radius 2 is 1.85 bits per heavy atom. The molecular formula is C24H20B2F2N4O2. The molecular weight excluding hydrogens is 436 g/mol. The summed E-state index contributed by atoms with van der Waals surface area (Å²) in [5, 5.41) is 12.7. The number of aliphatic hydroxyl groups is 1. The fraction of sp³-hybridized carbons (Fsp3) is 0.208. The van der Waals surface area contributed by atoms with Gasteiger partial charge in [0.1, 0.15) is 15.7 Å². The predicted molar refractivity (Wildman–Crippen MR) is 126 cm³/mol. The summed E-state index contributed by atoms with van der Waals surface area (Å²) in [6, 6.07) is 9.30. The predicted octanol–water partition coefficient (Wildman–Crippen LogP) is 2.80. The van der Waals surface area contributed by atoms with Crippen LogP contribution < -0.4 is 0 Å². The Morgan fingerprint density at radius 3 is 2.56 bits per heavy atom. The highest BCUT2D eigenvalue weighted by Crippen LogP contribution is 2.35. The second-order valence-electron chi connectivity index (χ2n) is 8.28. The molecule has 2 aromatic carbocycles. The number of rotatable bonds is 7. The monoisotopic (exact) mass is 456 g/mol. The number of aryl methyl sites for hydroxylation is 1. The molecule has 0 bridgehead atoms. The van der Waals surface area contributed by atoms with E-state index in [1.165, 1.54) is 28.9 Å². The molecule has 0 unspecified atom stereocenters. The van der Waals surface area contributed by atoms with Gasteiger partial charge in [-0.3, -0.25) is 19.4 Å². The van der Waals surface area contributed by atoms with Gasteiger partial charge in [0.15, 0.2) is 17.9 Å². The molecule has 4 rings (SSSR count). The first-order valence-corrected chi connectivity index (χ1v) is 10.4. The minimum absolute atomic E-state index is 0.0407. The van der Waals surface area contributed by atoms with Gasteiger partial charge in [0.05, 0.1) is 11.2 Å². The number of pyridine rings is 1. The molecule has 2 heterocycles. The zero-order valence-corrected chi connectivity index (χ0v) is 18.7. The molecule has 168 valence electrons. The van der Waals surface area contributed by atoms with Gasteiger partial charge < -0.3 is 5.11 Å². The first-order chi connectivity index (χ1) is 16.1. The van der Waals surface area contributed by atoms with Crippen molar-refractivity contribution in [3.8, 4) is 11.1 Å². The summed E-state index contributed by atoms with van der Waals surface area (Å²) in [5.74, 6) is -1.98. The van der Waals surface area contributed by atoms with Crippen molar-refractivity contribution in [3.63, 3.8) is 0 Å². The van der Waals surface area contributed by atoms with Crippen LogP contribution in [0.5, 0.6) is 0 Å². The van der Waals surface area contributed by atoms with Gasteiger partial charge in [-0.05, 0) is 30.3 Å². The third-order valence-electron chi connectivity index (χ3n) is 5.59. The Labute approximate surface area is 198 Å². The Hall–Kier alpha value is -3.36. The molecule has 0 fully saturated rings. The molecule has 6 nitrogen and oxygen atoms in total. The molecule has 0 amide bonds. The average Bonchev–Trinajstić information content (AvgIpc) is 3.17. The number of carbonyl (C=O) groups excluding carboxylic acids is 1. The molecule has 0 aliphatic carbocycles. The quantitative estimate of drug-likeness (QED) is 0.342. The lowest BCUT2D eigenvalue weighted by atomic mass is 9.61. The lowest BCUT2D eigenvalue weighted by molar-refractivity contribution is 0.112. The molecule has 34 heavy (non-hydrogen) atoms. The van der Waals surface area contributed by atoms with Crippen LogP contribution in [0, 0.1) is 11.6 Å². The molecule has 0 aliphatic rings. The molecule has 0 aliphatic heterocycles. The number of aromatic nitrogens is 3. The first kappa shape index (κ1) is 23.8. The van der Waals surface area contributed by atoms with E-state index in [1.54, 1.807) is 43.5 Å². The van der Waals surface area contributed by atoms with Gasteiger partial charge in [-0.2, -0.15) is 5.10 Å². The molecule has 1 N–H and O–H groups in total. The lowest BCUT2D eigenvalue weighted by Gasteiger charge is -2.21. The molecule has 0 atom stereocenters. The largest absolute Gasteiger partial charge is 0.405 e. The highest BCUT2D eigenvalue weighted by molar-refractivity contribution is 6.39. The van der Waals surface area contributed by atoms with E-state index >= 15 is 8.78 Å². The molecule has 0 saturated carbocycles. The van der Waals surface area contributed by atoms with Gasteiger partial charge >= 0.3 is 0 Å². The fourth-order valence-corrected chi connectivity index (χ4v) is 3.99. The number of hydrogen-bond donors (Lipinski definition) is 1. The summed E-state index contributed by atoms with van der Waals surface area (Å²) < 4.78 is 31.8. The van der Waals surface area contributed by atoms with Crippen molar-refractivity contribution in [2.75, 3.05) is 7.05 Å². The van der Waals surface area contributed by atoms with Crippen LogP contribution >= 0.6 is 0 Å². The van der Waals surface area contributed by atoms with Crippen molar-refractivity contribution in [1.82, 2.24) is 19.7 Å². The van der Waals surface area contributed by atoms with Crippen LogP contribution in [0.15, 0.2) is 48.8 Å². The van der Waals surface area contributed by atoms with Gasteiger partial charge in [0.2, 0.25) is 0 Å². The van der Waals surface area contributed by atoms with Crippen LogP contribution in [-0.2, 0) is 25.5 Å². The fourth-order valence-electron chi connectivity index (χ4n) is 3.99. The third kappa shape index (κ3) is 4.51. The topological polar surface area (TPSA) is 71.2 Å². The maximum Gasteiger partial charge on any atom is 0.166 e. The Kier molecular flexibility index (Phi) is 6.38. The number of hydrogen-bond acceptors (Lipinski definition) is 5. The van der Waals surface area contributed by atoms with Gasteiger partial charge in [-0.1, -0.05) is 24.3 Å². The van der Waals surface area contributed by atoms with E-state index in [1.807, 2.05) is 0 Å². The number of benzene rings is 2. The highest BCUT2D eigenvalue weighted by Gasteiger charge is 2.24. The summed E-state index contributed by atoms with van der Waals surface area (Å²) in [6.45, 7) is 0.392. The van der Waals surface area contributed by atoms with E-state index in [0.717, 1.165) is 0 Å². The maximum absolute atomic E-state index is 15.2. The molecule has 4 aromatic rings. The molecule has 10 heteroatoms. The number of nitrogens with zero attached hydrogens (tertiary/aromatic N) is 4. The zero-order chi connectivity index (χ0) is 24.6. The Balaban J connectivity index is 1.67. The second kappa shape index (κ2) is 9.12. The zero-order valence-electron chi connectivity index (χ0n) is 18.7. The minimum atomic E-state index is -2.14. The summed E-state index contributed by atoms with van der Waals surface area (Å²) in [6.07, 6.45) is 3.91. The van der Waals surface area contributed by atoms with Crippen molar-refractivity contribution < 1.29 is 18.7 Å². The summed E-state index contributed by atoms with van der Waals surface area (Å²) in [4.78, 5) is 17.1. The highest BCUT2D eigenvalue weighted by atomic mass is 19.2. The maximum atomic E-state index is 15.2. The molecule has 0 saturated heterocycles. The van der Waals surface area contributed by atoms with Crippen LogP contribution in [-0.4, -0.2) is 53.8 Å². The smallest absolute Gasteiger partial charge is 0.166 e. The summed E-state index contributed by atoms with van der Waals surface area (Å²) in [7, 11) is 14.7. The van der Waals surface area contributed by atoms with Crippen molar-refractivity contribution in [2.45, 2.75) is 18.5 Å². The van der Waals surface area contributed by atoms with E-state index in [-0.39, 0.29) is 35.3 Å². The van der Waals surface area contributed by atoms with E-state index in [4.69, 9.17) is 15.7 Å². The average molecular weight is 456 g/mol. The van der Waals surface area contributed by atoms with E-state index < -0.39 is 17.0 Å². The Bertz CT molecular complexity index is 1390. The summed E-state index contributed by atoms with van der Waals surface area (Å²) in [5.41, 5.74) is 2.03. The van der Waals surface area contributed by atoms with Crippen LogP contribution in [0.3, 0.4) is 0 Å². The normalized spacial score (nSPS) is 11.9. The van der Waals surface area contributed by atoms with Gasteiger partial charge in [0, 0.05) is 60.0 Å². The van der Waals surface area contributed by atoms with Crippen LogP contribution in [0.4, 0.5) is 8.78 Å². The third-order valence-corrected chi connectivity index (χ3v) is 5.59. The van der Waals surface area contributed by atoms with Gasteiger partial charge in [-0.25, -0.2) is 8.78 Å².